The molecule has 1 aromatic heterocycles. The van der Waals surface area contributed by atoms with Gasteiger partial charge in [0.25, 0.3) is 0 Å². The molecule has 0 bridgehead atoms. The second-order valence-electron chi connectivity index (χ2n) is 6.40. The fraction of sp³-hybridized carbons (Fsp3) is 0.250. The Labute approximate surface area is 146 Å². The number of rotatable bonds is 6. The maximum atomic E-state index is 12.8. The van der Waals surface area contributed by atoms with Crippen molar-refractivity contribution in [2.24, 2.45) is 7.05 Å². The minimum absolute atomic E-state index is 0.0142. The Hall–Kier alpha value is -2.95. The molecule has 126 valence electrons. The highest BCUT2D eigenvalue weighted by Crippen LogP contribution is 2.38. The van der Waals surface area contributed by atoms with Crippen molar-refractivity contribution < 1.29 is 4.79 Å². The van der Waals surface area contributed by atoms with Crippen molar-refractivity contribution in [1.82, 2.24) is 14.8 Å². The van der Waals surface area contributed by atoms with Gasteiger partial charge in [-0.2, -0.15) is 0 Å². The van der Waals surface area contributed by atoms with E-state index in [1.165, 1.54) is 12.8 Å². The molecular formula is C20H20N4O. The van der Waals surface area contributed by atoms with Crippen LogP contribution in [0, 0.1) is 0 Å². The van der Waals surface area contributed by atoms with Crippen LogP contribution in [-0.4, -0.2) is 20.5 Å². The van der Waals surface area contributed by atoms with Gasteiger partial charge in [0.1, 0.15) is 5.82 Å². The molecule has 5 nitrogen and oxygen atoms in total. The van der Waals surface area contributed by atoms with Crippen molar-refractivity contribution in [3.8, 4) is 0 Å². The first-order valence-electron chi connectivity index (χ1n) is 8.55. The van der Waals surface area contributed by atoms with Crippen molar-refractivity contribution in [2.45, 2.75) is 25.3 Å². The van der Waals surface area contributed by atoms with Gasteiger partial charge in [-0.3, -0.25) is 4.79 Å². The number of anilines is 1. The molecule has 1 heterocycles. The first-order chi connectivity index (χ1) is 12.2. The number of nitrogens with zero attached hydrogens (tertiary/aromatic N) is 3. The number of hydrogen-bond acceptors (Lipinski definition) is 4. The fourth-order valence-electron chi connectivity index (χ4n) is 2.98. The number of hydrogen-bond donors (Lipinski definition) is 1. The van der Waals surface area contributed by atoms with Gasteiger partial charge in [-0.15, -0.1) is 10.2 Å². The van der Waals surface area contributed by atoms with E-state index in [1.807, 2.05) is 61.6 Å². The standard InChI is InChI=1S/C20H20N4O/c1-24-18(22-23-20(24)15-11-12-15)13-21-17-10-6-5-9-16(17)19(25)14-7-3-2-4-8-14/h2-10,15,21H,11-13H2,1H3. The Bertz CT molecular complexity index is 897. The van der Waals surface area contributed by atoms with Crippen LogP contribution in [0.4, 0.5) is 5.69 Å². The zero-order chi connectivity index (χ0) is 17.2. The summed E-state index contributed by atoms with van der Waals surface area (Å²) in [7, 11) is 2.01. The summed E-state index contributed by atoms with van der Waals surface area (Å²) in [5.74, 6) is 2.52. The molecule has 1 N–H and O–H groups in total. The molecule has 25 heavy (non-hydrogen) atoms. The molecule has 1 aliphatic rings. The number of benzene rings is 2. The molecule has 5 heteroatoms. The number of aromatic nitrogens is 3. The van der Waals surface area contributed by atoms with E-state index in [4.69, 9.17) is 0 Å². The van der Waals surface area contributed by atoms with Crippen LogP contribution in [0.25, 0.3) is 0 Å². The Morgan fingerprint density at radius 3 is 2.56 bits per heavy atom. The fourth-order valence-corrected chi connectivity index (χ4v) is 2.98. The third kappa shape index (κ3) is 3.18. The van der Waals surface area contributed by atoms with Gasteiger partial charge in [-0.05, 0) is 25.0 Å². The average molecular weight is 332 g/mol. The van der Waals surface area contributed by atoms with E-state index in [-0.39, 0.29) is 5.78 Å². The summed E-state index contributed by atoms with van der Waals surface area (Å²) in [5.41, 5.74) is 2.16. The Kier molecular flexibility index (Phi) is 4.06. The van der Waals surface area contributed by atoms with E-state index in [9.17, 15) is 4.79 Å². The third-order valence-electron chi connectivity index (χ3n) is 4.59. The highest BCUT2D eigenvalue weighted by atomic mass is 16.1. The Morgan fingerprint density at radius 2 is 1.80 bits per heavy atom. The van der Waals surface area contributed by atoms with Gasteiger partial charge in [-0.25, -0.2) is 0 Å². The monoisotopic (exact) mass is 332 g/mol. The van der Waals surface area contributed by atoms with Crippen LogP contribution in [0.3, 0.4) is 0 Å². The SMILES string of the molecule is Cn1c(CNc2ccccc2C(=O)c2ccccc2)nnc1C1CC1. The van der Waals surface area contributed by atoms with Crippen molar-refractivity contribution in [3.05, 3.63) is 77.4 Å². The summed E-state index contributed by atoms with van der Waals surface area (Å²) in [6.07, 6.45) is 2.40. The zero-order valence-electron chi connectivity index (χ0n) is 14.1. The molecule has 0 aliphatic heterocycles. The summed E-state index contributed by atoms with van der Waals surface area (Å²) < 4.78 is 2.06. The van der Waals surface area contributed by atoms with Gasteiger partial charge in [-0.1, -0.05) is 42.5 Å². The molecule has 1 saturated carbocycles. The van der Waals surface area contributed by atoms with E-state index in [0.29, 0.717) is 23.6 Å². The molecule has 0 atom stereocenters. The van der Waals surface area contributed by atoms with Crippen LogP contribution in [0.2, 0.25) is 0 Å². The predicted molar refractivity (Wildman–Crippen MR) is 96.6 cm³/mol. The molecule has 1 fully saturated rings. The van der Waals surface area contributed by atoms with Crippen LogP contribution in [0.1, 0.15) is 46.3 Å². The topological polar surface area (TPSA) is 59.8 Å². The molecule has 4 rings (SSSR count). The van der Waals surface area contributed by atoms with Crippen LogP contribution in [0.15, 0.2) is 54.6 Å². The molecule has 0 unspecified atom stereocenters. The number of nitrogens with one attached hydrogen (secondary N) is 1. The molecule has 3 aromatic rings. The first-order valence-corrected chi connectivity index (χ1v) is 8.55. The van der Waals surface area contributed by atoms with Gasteiger partial charge in [0.05, 0.1) is 6.54 Å². The maximum absolute atomic E-state index is 12.8. The third-order valence-corrected chi connectivity index (χ3v) is 4.59. The second-order valence-corrected chi connectivity index (χ2v) is 6.40. The molecular weight excluding hydrogens is 312 g/mol. The molecule has 0 saturated heterocycles. The van der Waals surface area contributed by atoms with Crippen LogP contribution in [-0.2, 0) is 13.6 Å². The first kappa shape index (κ1) is 15.6. The predicted octanol–water partition coefficient (Wildman–Crippen LogP) is 3.54. The number of carbonyl (C=O) groups excluding carboxylic acids is 1. The summed E-state index contributed by atoms with van der Waals surface area (Å²) >= 11 is 0. The molecule has 1 aliphatic carbocycles. The van der Waals surface area contributed by atoms with E-state index in [0.717, 1.165) is 17.3 Å². The zero-order valence-corrected chi connectivity index (χ0v) is 14.1. The van der Waals surface area contributed by atoms with E-state index in [1.54, 1.807) is 0 Å². The van der Waals surface area contributed by atoms with Crippen molar-refractivity contribution in [3.63, 3.8) is 0 Å². The van der Waals surface area contributed by atoms with Crippen LogP contribution in [0.5, 0.6) is 0 Å². The van der Waals surface area contributed by atoms with Gasteiger partial charge < -0.3 is 9.88 Å². The Morgan fingerprint density at radius 1 is 1.08 bits per heavy atom. The number of carbonyl (C=O) groups is 1. The van der Waals surface area contributed by atoms with E-state index in [2.05, 4.69) is 20.1 Å². The van der Waals surface area contributed by atoms with E-state index < -0.39 is 0 Å². The normalized spacial score (nSPS) is 13.6. The van der Waals surface area contributed by atoms with Crippen LogP contribution < -0.4 is 5.32 Å². The number of para-hydroxylation sites is 1. The average Bonchev–Trinajstić information content (AvgIpc) is 3.44. The smallest absolute Gasteiger partial charge is 0.195 e. The van der Waals surface area contributed by atoms with Crippen molar-refractivity contribution in [1.29, 1.82) is 0 Å². The summed E-state index contributed by atoms with van der Waals surface area (Å²) in [4.78, 5) is 12.8. The van der Waals surface area contributed by atoms with Crippen LogP contribution >= 0.6 is 0 Å². The lowest BCUT2D eigenvalue weighted by atomic mass is 10.0. The van der Waals surface area contributed by atoms with Crippen molar-refractivity contribution >= 4 is 11.5 Å². The van der Waals surface area contributed by atoms with Gasteiger partial charge >= 0.3 is 0 Å². The maximum Gasteiger partial charge on any atom is 0.195 e. The minimum Gasteiger partial charge on any atom is -0.377 e. The minimum atomic E-state index is 0.0142. The lowest BCUT2D eigenvalue weighted by Crippen LogP contribution is -2.11. The lowest BCUT2D eigenvalue weighted by Gasteiger charge is -2.11. The highest BCUT2D eigenvalue weighted by Gasteiger charge is 2.29. The molecule has 0 radical (unpaired) electrons. The molecule has 0 spiro atoms. The van der Waals surface area contributed by atoms with Gasteiger partial charge in [0, 0.05) is 29.8 Å². The van der Waals surface area contributed by atoms with E-state index >= 15 is 0 Å². The molecule has 0 amide bonds. The highest BCUT2D eigenvalue weighted by molar-refractivity contribution is 6.12. The lowest BCUT2D eigenvalue weighted by molar-refractivity contribution is 0.103. The largest absolute Gasteiger partial charge is 0.377 e. The summed E-state index contributed by atoms with van der Waals surface area (Å²) in [5, 5.41) is 11.9. The number of ketones is 1. The quantitative estimate of drug-likeness (QED) is 0.702. The van der Waals surface area contributed by atoms with Crippen molar-refractivity contribution in [2.75, 3.05) is 5.32 Å². The summed E-state index contributed by atoms with van der Waals surface area (Å²) in [6, 6.07) is 16.9. The summed E-state index contributed by atoms with van der Waals surface area (Å²) in [6.45, 7) is 0.537. The second kappa shape index (κ2) is 6.51. The Balaban J connectivity index is 1.54. The van der Waals surface area contributed by atoms with Gasteiger partial charge in [0.15, 0.2) is 11.6 Å². The molecule has 2 aromatic carbocycles. The van der Waals surface area contributed by atoms with Gasteiger partial charge in [0.2, 0.25) is 0 Å².